The molecule has 1 unspecified atom stereocenters. The number of ketones is 1. The molecule has 0 fully saturated rings. The van der Waals surface area contributed by atoms with E-state index in [-0.39, 0.29) is 17.1 Å². The van der Waals surface area contributed by atoms with Gasteiger partial charge in [0, 0.05) is 29.3 Å². The quantitative estimate of drug-likeness (QED) is 0.217. The van der Waals surface area contributed by atoms with E-state index in [0.29, 0.717) is 30.1 Å². The van der Waals surface area contributed by atoms with E-state index < -0.39 is 5.97 Å². The van der Waals surface area contributed by atoms with E-state index in [1.54, 1.807) is 30.3 Å². The molecule has 1 N–H and O–H groups in total. The molecule has 1 atom stereocenters. The normalized spacial score (nSPS) is 17.7. The van der Waals surface area contributed by atoms with Gasteiger partial charge >= 0.3 is 5.97 Å². The molecule has 0 amide bonds. The minimum absolute atomic E-state index is 0.117. The van der Waals surface area contributed by atoms with E-state index in [0.717, 1.165) is 45.3 Å². The lowest BCUT2D eigenvalue weighted by molar-refractivity contribution is -0.118. The summed E-state index contributed by atoms with van der Waals surface area (Å²) in [6.45, 7) is 6.59. The highest BCUT2D eigenvalue weighted by atomic mass is 16.6. The molecule has 0 saturated carbocycles. The molecule has 2 aliphatic rings. The van der Waals surface area contributed by atoms with Crippen LogP contribution >= 0.6 is 0 Å². The minimum Gasteiger partial charge on any atom is -0.490 e. The highest BCUT2D eigenvalue weighted by Crippen LogP contribution is 2.51. The van der Waals surface area contributed by atoms with Crippen LogP contribution in [0.1, 0.15) is 61.0 Å². The van der Waals surface area contributed by atoms with Crippen molar-refractivity contribution in [1.29, 1.82) is 0 Å². The van der Waals surface area contributed by atoms with Gasteiger partial charge in [-0.05, 0) is 71.0 Å². The molecule has 5 nitrogen and oxygen atoms in total. The number of benzene rings is 4. The molecule has 0 saturated heterocycles. The monoisotopic (exact) mass is 517 g/mol. The summed E-state index contributed by atoms with van der Waals surface area (Å²) in [6, 6.07) is 27.1. The Balaban J connectivity index is 1.50. The van der Waals surface area contributed by atoms with E-state index >= 15 is 0 Å². The van der Waals surface area contributed by atoms with E-state index in [9.17, 15) is 9.59 Å². The molecule has 0 bridgehead atoms. The lowest BCUT2D eigenvalue weighted by Crippen LogP contribution is -2.33. The highest BCUT2D eigenvalue weighted by Gasteiger charge is 2.41. The van der Waals surface area contributed by atoms with Crippen LogP contribution < -0.4 is 14.8 Å². The first-order valence-electron chi connectivity index (χ1n) is 13.4. The molecule has 1 heterocycles. The van der Waals surface area contributed by atoms with Gasteiger partial charge < -0.3 is 14.8 Å². The second-order valence-corrected chi connectivity index (χ2v) is 11.0. The molecule has 0 radical (unpaired) electrons. The van der Waals surface area contributed by atoms with E-state index in [1.807, 2.05) is 37.3 Å². The Morgan fingerprint density at radius 3 is 2.49 bits per heavy atom. The minimum atomic E-state index is -0.447. The summed E-state index contributed by atoms with van der Waals surface area (Å²) >= 11 is 0. The van der Waals surface area contributed by atoms with E-state index in [2.05, 4.69) is 43.4 Å². The van der Waals surface area contributed by atoms with Crippen LogP contribution in [0.5, 0.6) is 11.5 Å². The maximum atomic E-state index is 13.8. The van der Waals surface area contributed by atoms with Crippen LogP contribution in [-0.2, 0) is 4.79 Å². The van der Waals surface area contributed by atoms with Gasteiger partial charge in [-0.2, -0.15) is 0 Å². The summed E-state index contributed by atoms with van der Waals surface area (Å²) in [5.74, 6) is 0.272. The van der Waals surface area contributed by atoms with Gasteiger partial charge in [0.05, 0.1) is 12.2 Å². The third-order valence-electron chi connectivity index (χ3n) is 7.57. The zero-order valence-electron chi connectivity index (χ0n) is 22.4. The van der Waals surface area contributed by atoms with Crippen LogP contribution in [0.4, 0.5) is 5.69 Å². The molecule has 1 aliphatic heterocycles. The number of rotatable bonds is 5. The van der Waals surface area contributed by atoms with Crippen LogP contribution in [0.3, 0.4) is 0 Å². The maximum absolute atomic E-state index is 13.8. The number of carbonyl (C=O) groups is 2. The second kappa shape index (κ2) is 9.73. The van der Waals surface area contributed by atoms with Gasteiger partial charge in [0.25, 0.3) is 0 Å². The molecular weight excluding hydrogens is 486 g/mol. The second-order valence-electron chi connectivity index (χ2n) is 11.0. The Morgan fingerprint density at radius 1 is 0.923 bits per heavy atom. The number of nitrogens with one attached hydrogen (secondary N) is 1. The summed E-state index contributed by atoms with van der Waals surface area (Å²) in [5, 5.41) is 5.86. The van der Waals surface area contributed by atoms with Crippen LogP contribution in [0.2, 0.25) is 0 Å². The largest absolute Gasteiger partial charge is 0.490 e. The Morgan fingerprint density at radius 2 is 1.69 bits per heavy atom. The summed E-state index contributed by atoms with van der Waals surface area (Å²) < 4.78 is 11.7. The highest BCUT2D eigenvalue weighted by molar-refractivity contribution is 6.04. The van der Waals surface area contributed by atoms with Gasteiger partial charge in [0.2, 0.25) is 0 Å². The first-order valence-corrected chi connectivity index (χ1v) is 13.4. The fourth-order valence-electron chi connectivity index (χ4n) is 5.93. The van der Waals surface area contributed by atoms with Crippen LogP contribution in [0, 0.1) is 5.41 Å². The molecule has 0 spiro atoms. The van der Waals surface area contributed by atoms with Crippen LogP contribution in [-0.4, -0.2) is 18.4 Å². The molecule has 4 aromatic rings. The molecule has 39 heavy (non-hydrogen) atoms. The molecule has 6 rings (SSSR count). The van der Waals surface area contributed by atoms with Gasteiger partial charge in [-0.25, -0.2) is 4.79 Å². The lowest BCUT2D eigenvalue weighted by Gasteiger charge is -2.40. The fraction of sp³-hybridized carbons (Fsp3) is 0.235. The number of fused-ring (bicyclic) bond motifs is 3. The third-order valence-corrected chi connectivity index (χ3v) is 7.57. The topological polar surface area (TPSA) is 64.6 Å². The van der Waals surface area contributed by atoms with Crippen molar-refractivity contribution >= 4 is 28.2 Å². The van der Waals surface area contributed by atoms with Crippen molar-refractivity contribution in [3.8, 4) is 11.5 Å². The lowest BCUT2D eigenvalue weighted by atomic mass is 9.68. The van der Waals surface area contributed by atoms with Crippen molar-refractivity contribution in [2.45, 2.75) is 39.5 Å². The molecule has 196 valence electrons. The van der Waals surface area contributed by atoms with Crippen molar-refractivity contribution in [3.05, 3.63) is 113 Å². The van der Waals surface area contributed by atoms with Crippen molar-refractivity contribution in [2.75, 3.05) is 11.9 Å². The molecular formula is C34H31NO4. The molecule has 1 aliphatic carbocycles. The molecule has 4 aromatic carbocycles. The third kappa shape index (κ3) is 4.59. The Kier molecular flexibility index (Phi) is 6.22. The zero-order chi connectivity index (χ0) is 27.1. The van der Waals surface area contributed by atoms with E-state index in [4.69, 9.17) is 9.47 Å². The predicted molar refractivity (Wildman–Crippen MR) is 153 cm³/mol. The standard InChI is InChI=1S/C34H31NO4/c1-4-38-29-18-23(15-17-28(29)39-33(37)22-11-6-5-7-12-22)30-31-24-13-9-8-10-21(24)14-16-25(31)35-26-19-34(2,3)20-27(36)32(26)30/h5-18,30,35H,4,19-20H2,1-3H3. The smallest absolute Gasteiger partial charge is 0.343 e. The number of allylic oxidation sites excluding steroid dienone is 2. The summed E-state index contributed by atoms with van der Waals surface area (Å²) in [5.41, 5.74) is 5.17. The number of Topliss-reactive ketones (excluding diaryl/α,β-unsaturated/α-hetero) is 1. The average molecular weight is 518 g/mol. The van der Waals surface area contributed by atoms with Crippen molar-refractivity contribution in [3.63, 3.8) is 0 Å². The number of anilines is 1. The molecule has 5 heteroatoms. The van der Waals surface area contributed by atoms with Gasteiger partial charge in [-0.15, -0.1) is 0 Å². The number of esters is 1. The number of carbonyl (C=O) groups excluding carboxylic acids is 2. The van der Waals surface area contributed by atoms with Crippen LogP contribution in [0.25, 0.3) is 10.8 Å². The Bertz CT molecular complexity index is 1630. The fourth-order valence-corrected chi connectivity index (χ4v) is 5.93. The van der Waals surface area contributed by atoms with Crippen molar-refractivity contribution in [1.82, 2.24) is 0 Å². The summed E-state index contributed by atoms with van der Waals surface area (Å²) in [6.07, 6.45) is 1.29. The maximum Gasteiger partial charge on any atom is 0.343 e. The Labute approximate surface area is 228 Å². The van der Waals surface area contributed by atoms with Gasteiger partial charge in [0.1, 0.15) is 0 Å². The first kappa shape index (κ1) is 24.9. The number of hydrogen-bond donors (Lipinski definition) is 1. The van der Waals surface area contributed by atoms with Gasteiger partial charge in [-0.1, -0.05) is 68.4 Å². The zero-order valence-corrected chi connectivity index (χ0v) is 22.4. The van der Waals surface area contributed by atoms with Crippen molar-refractivity contribution < 1.29 is 19.1 Å². The van der Waals surface area contributed by atoms with Gasteiger partial charge in [0.15, 0.2) is 17.3 Å². The number of hydrogen-bond acceptors (Lipinski definition) is 5. The number of ether oxygens (including phenoxy) is 2. The molecule has 0 aromatic heterocycles. The van der Waals surface area contributed by atoms with E-state index in [1.165, 1.54) is 0 Å². The first-order chi connectivity index (χ1) is 18.8. The SMILES string of the molecule is CCOc1cc(C2C3=C(CC(C)(C)CC3=O)Nc3ccc4ccccc4c32)ccc1OC(=O)c1ccccc1. The van der Waals surface area contributed by atoms with Crippen LogP contribution in [0.15, 0.2) is 96.2 Å². The predicted octanol–water partition coefficient (Wildman–Crippen LogP) is 7.66. The van der Waals surface area contributed by atoms with Crippen molar-refractivity contribution in [2.24, 2.45) is 5.41 Å². The average Bonchev–Trinajstić information content (AvgIpc) is 2.92. The summed E-state index contributed by atoms with van der Waals surface area (Å²) in [7, 11) is 0. The van der Waals surface area contributed by atoms with Gasteiger partial charge in [-0.3, -0.25) is 4.79 Å². The summed E-state index contributed by atoms with van der Waals surface area (Å²) in [4.78, 5) is 26.6. The Hall–Kier alpha value is -4.38.